The molecule has 0 saturated heterocycles. The van der Waals surface area contributed by atoms with E-state index in [2.05, 4.69) is 9.93 Å². The van der Waals surface area contributed by atoms with Gasteiger partial charge in [0.2, 0.25) is 0 Å². The molecule has 152 valence electrons. The number of sulfonamides is 1. The second-order valence-electron chi connectivity index (χ2n) is 7.00. The van der Waals surface area contributed by atoms with E-state index in [9.17, 15) is 8.42 Å². The maximum Gasteiger partial charge on any atom is 0.276 e. The van der Waals surface area contributed by atoms with Crippen molar-refractivity contribution in [1.29, 1.82) is 0 Å². The molecule has 0 unspecified atom stereocenters. The van der Waals surface area contributed by atoms with E-state index in [1.54, 1.807) is 18.2 Å². The van der Waals surface area contributed by atoms with Crippen LogP contribution in [0, 0.1) is 13.8 Å². The lowest BCUT2D eigenvalue weighted by Crippen LogP contribution is -2.18. The van der Waals surface area contributed by atoms with Crippen molar-refractivity contribution in [3.63, 3.8) is 0 Å². The number of hydrogen-bond acceptors (Lipinski definition) is 3. The summed E-state index contributed by atoms with van der Waals surface area (Å²) in [7, 11) is -3.77. The first kappa shape index (κ1) is 20.2. The van der Waals surface area contributed by atoms with Gasteiger partial charge in [-0.25, -0.2) is 4.83 Å². The van der Waals surface area contributed by atoms with Crippen LogP contribution in [0.3, 0.4) is 0 Å². The molecular formula is C23H20ClN3O2S. The van der Waals surface area contributed by atoms with Crippen LogP contribution >= 0.6 is 11.6 Å². The summed E-state index contributed by atoms with van der Waals surface area (Å²) in [6, 6.07) is 22.1. The lowest BCUT2D eigenvalue weighted by molar-refractivity contribution is 0.585. The van der Waals surface area contributed by atoms with Gasteiger partial charge in [0.15, 0.2) is 0 Å². The molecule has 0 radical (unpaired) electrons. The summed E-state index contributed by atoms with van der Waals surface area (Å²) in [6.45, 7) is 3.93. The Labute approximate surface area is 180 Å². The summed E-state index contributed by atoms with van der Waals surface area (Å²) in [5.74, 6) is 0. The van der Waals surface area contributed by atoms with Crippen LogP contribution in [-0.2, 0) is 10.0 Å². The average Bonchev–Trinajstić information content (AvgIpc) is 3.00. The molecular weight excluding hydrogens is 418 g/mol. The van der Waals surface area contributed by atoms with Gasteiger partial charge < -0.3 is 4.57 Å². The van der Waals surface area contributed by atoms with Crippen LogP contribution in [0.2, 0.25) is 5.02 Å². The lowest BCUT2D eigenvalue weighted by Gasteiger charge is -2.09. The van der Waals surface area contributed by atoms with Gasteiger partial charge in [-0.2, -0.15) is 13.5 Å². The zero-order chi connectivity index (χ0) is 21.3. The third-order valence-corrected chi connectivity index (χ3v) is 6.40. The van der Waals surface area contributed by atoms with Crippen molar-refractivity contribution in [2.75, 3.05) is 0 Å². The van der Waals surface area contributed by atoms with Crippen molar-refractivity contribution in [2.24, 2.45) is 5.10 Å². The Morgan fingerprint density at radius 1 is 0.933 bits per heavy atom. The first-order valence-corrected chi connectivity index (χ1v) is 11.2. The van der Waals surface area contributed by atoms with Crippen molar-refractivity contribution >= 4 is 38.6 Å². The molecule has 30 heavy (non-hydrogen) atoms. The van der Waals surface area contributed by atoms with Crippen molar-refractivity contribution in [2.45, 2.75) is 18.7 Å². The van der Waals surface area contributed by atoms with E-state index < -0.39 is 10.0 Å². The number of hydrogen-bond donors (Lipinski definition) is 1. The first-order chi connectivity index (χ1) is 14.3. The van der Waals surface area contributed by atoms with E-state index in [-0.39, 0.29) is 4.90 Å². The van der Waals surface area contributed by atoms with Crippen molar-refractivity contribution < 1.29 is 8.42 Å². The van der Waals surface area contributed by atoms with Crippen molar-refractivity contribution in [1.82, 2.24) is 9.40 Å². The molecule has 4 aromatic rings. The zero-order valence-corrected chi connectivity index (χ0v) is 18.1. The molecule has 0 aliphatic carbocycles. The standard InChI is InChI=1S/C23H20ClN3O2S/c1-16-12-20(17(2)27(16)22-9-5-8-21(24)14-22)15-25-26-30(28,29)23-11-10-18-6-3-4-7-19(18)13-23/h3-15,26H,1-2H3/b25-15+. The molecule has 0 spiro atoms. The highest BCUT2D eigenvalue weighted by atomic mass is 35.5. The van der Waals surface area contributed by atoms with E-state index in [0.717, 1.165) is 33.4 Å². The molecule has 0 atom stereocenters. The second kappa shape index (κ2) is 7.97. The van der Waals surface area contributed by atoms with Crippen LogP contribution in [0.15, 0.2) is 82.8 Å². The van der Waals surface area contributed by atoms with Gasteiger partial charge in [-0.05, 0) is 61.0 Å². The summed E-state index contributed by atoms with van der Waals surface area (Å²) >= 11 is 6.12. The number of benzene rings is 3. The minimum atomic E-state index is -3.77. The van der Waals surface area contributed by atoms with Crippen LogP contribution in [-0.4, -0.2) is 19.2 Å². The molecule has 0 aliphatic heterocycles. The molecule has 1 N–H and O–H groups in total. The van der Waals surface area contributed by atoms with E-state index in [0.29, 0.717) is 5.02 Å². The molecule has 5 nitrogen and oxygen atoms in total. The maximum atomic E-state index is 12.6. The normalized spacial score (nSPS) is 12.0. The van der Waals surface area contributed by atoms with Gasteiger partial charge in [0.25, 0.3) is 10.0 Å². The fourth-order valence-corrected chi connectivity index (χ4v) is 4.49. The van der Waals surface area contributed by atoms with Crippen LogP contribution < -0.4 is 4.83 Å². The monoisotopic (exact) mass is 437 g/mol. The van der Waals surface area contributed by atoms with Gasteiger partial charge in [0, 0.05) is 27.7 Å². The van der Waals surface area contributed by atoms with E-state index >= 15 is 0 Å². The number of nitrogens with one attached hydrogen (secondary N) is 1. The van der Waals surface area contributed by atoms with Gasteiger partial charge >= 0.3 is 0 Å². The zero-order valence-electron chi connectivity index (χ0n) is 16.5. The summed E-state index contributed by atoms with van der Waals surface area (Å²) in [5, 5.41) is 6.48. The van der Waals surface area contributed by atoms with Gasteiger partial charge in [0.1, 0.15) is 0 Å². The average molecular weight is 438 g/mol. The van der Waals surface area contributed by atoms with Crippen LogP contribution in [0.5, 0.6) is 0 Å². The van der Waals surface area contributed by atoms with E-state index in [1.165, 1.54) is 6.21 Å². The summed E-state index contributed by atoms with van der Waals surface area (Å²) in [5.41, 5.74) is 3.68. The predicted octanol–water partition coefficient (Wildman–Crippen LogP) is 5.21. The number of hydrazone groups is 1. The summed E-state index contributed by atoms with van der Waals surface area (Å²) < 4.78 is 27.3. The molecule has 0 amide bonds. The van der Waals surface area contributed by atoms with Gasteiger partial charge in [0.05, 0.1) is 11.1 Å². The fourth-order valence-electron chi connectivity index (χ4n) is 3.48. The van der Waals surface area contributed by atoms with Gasteiger partial charge in [-0.3, -0.25) is 0 Å². The third kappa shape index (κ3) is 3.97. The van der Waals surface area contributed by atoms with Gasteiger partial charge in [-0.15, -0.1) is 0 Å². The smallest absolute Gasteiger partial charge is 0.276 e. The topological polar surface area (TPSA) is 63.5 Å². The minimum Gasteiger partial charge on any atom is -0.318 e. The van der Waals surface area contributed by atoms with Crippen molar-refractivity contribution in [3.8, 4) is 5.69 Å². The van der Waals surface area contributed by atoms with Crippen LogP contribution in [0.1, 0.15) is 17.0 Å². The Kier molecular flexibility index (Phi) is 5.37. The number of rotatable bonds is 5. The molecule has 0 saturated carbocycles. The Balaban J connectivity index is 1.59. The Morgan fingerprint density at radius 3 is 2.47 bits per heavy atom. The summed E-state index contributed by atoms with van der Waals surface area (Å²) in [6.07, 6.45) is 1.52. The minimum absolute atomic E-state index is 0.169. The predicted molar refractivity (Wildman–Crippen MR) is 122 cm³/mol. The second-order valence-corrected chi connectivity index (χ2v) is 9.10. The Bertz CT molecular complexity index is 1370. The van der Waals surface area contributed by atoms with Crippen LogP contribution in [0.25, 0.3) is 16.5 Å². The van der Waals surface area contributed by atoms with E-state index in [4.69, 9.17) is 11.6 Å². The Hall–Kier alpha value is -3.09. The molecule has 0 aliphatic rings. The molecule has 1 aromatic heterocycles. The third-order valence-electron chi connectivity index (χ3n) is 4.94. The molecule has 0 fully saturated rings. The number of nitrogens with zero attached hydrogens (tertiary/aromatic N) is 2. The highest BCUT2D eigenvalue weighted by Gasteiger charge is 2.14. The van der Waals surface area contributed by atoms with E-state index in [1.807, 2.05) is 73.0 Å². The Morgan fingerprint density at radius 2 is 1.70 bits per heavy atom. The molecule has 3 aromatic carbocycles. The van der Waals surface area contributed by atoms with Gasteiger partial charge in [-0.1, -0.05) is 48.0 Å². The number of aromatic nitrogens is 1. The molecule has 4 rings (SSSR count). The highest BCUT2D eigenvalue weighted by Crippen LogP contribution is 2.22. The molecule has 0 bridgehead atoms. The first-order valence-electron chi connectivity index (χ1n) is 9.34. The fraction of sp³-hybridized carbons (Fsp3) is 0.0870. The molecule has 7 heteroatoms. The number of halogens is 1. The number of fused-ring (bicyclic) bond motifs is 1. The van der Waals surface area contributed by atoms with Crippen LogP contribution in [0.4, 0.5) is 0 Å². The maximum absolute atomic E-state index is 12.6. The van der Waals surface area contributed by atoms with Crippen molar-refractivity contribution in [3.05, 3.63) is 94.8 Å². The SMILES string of the molecule is Cc1cc(/C=N/NS(=O)(=O)c2ccc3ccccc3c2)c(C)n1-c1cccc(Cl)c1. The number of aryl methyl sites for hydroxylation is 1. The largest absolute Gasteiger partial charge is 0.318 e. The quantitative estimate of drug-likeness (QED) is 0.344. The highest BCUT2D eigenvalue weighted by molar-refractivity contribution is 7.89. The lowest BCUT2D eigenvalue weighted by atomic mass is 10.1. The summed E-state index contributed by atoms with van der Waals surface area (Å²) in [4.78, 5) is 2.47. The molecule has 1 heterocycles.